The summed E-state index contributed by atoms with van der Waals surface area (Å²) in [4.78, 5) is 12.1. The van der Waals surface area contributed by atoms with Crippen LogP contribution in [-0.2, 0) is 4.79 Å². The second-order valence-electron chi connectivity index (χ2n) is 4.34. The quantitative estimate of drug-likeness (QED) is 0.902. The van der Waals surface area contributed by atoms with Gasteiger partial charge in [-0.25, -0.2) is 0 Å². The van der Waals surface area contributed by atoms with Gasteiger partial charge in [-0.3, -0.25) is 4.79 Å². The van der Waals surface area contributed by atoms with Crippen LogP contribution < -0.4 is 11.1 Å². The third kappa shape index (κ3) is 3.34. The van der Waals surface area contributed by atoms with Gasteiger partial charge in [0.2, 0.25) is 5.91 Å². The lowest BCUT2D eigenvalue weighted by Gasteiger charge is -2.14. The summed E-state index contributed by atoms with van der Waals surface area (Å²) >= 11 is 5.87. The van der Waals surface area contributed by atoms with Crippen molar-refractivity contribution in [2.75, 3.05) is 5.32 Å². The van der Waals surface area contributed by atoms with Crippen LogP contribution in [0.2, 0.25) is 5.02 Å². The summed E-state index contributed by atoms with van der Waals surface area (Å²) in [6.45, 7) is 1.88. The molecule has 0 aliphatic carbocycles. The fraction of sp³-hybridized carbons (Fsp3) is 0.133. The van der Waals surface area contributed by atoms with Crippen molar-refractivity contribution in [3.8, 4) is 0 Å². The Labute approximate surface area is 117 Å². The van der Waals surface area contributed by atoms with E-state index in [0.29, 0.717) is 5.02 Å². The molecule has 0 heterocycles. The fourth-order valence-corrected chi connectivity index (χ4v) is 2.02. The first-order valence-electron chi connectivity index (χ1n) is 5.95. The van der Waals surface area contributed by atoms with Gasteiger partial charge in [0, 0.05) is 10.7 Å². The maximum absolute atomic E-state index is 12.1. The van der Waals surface area contributed by atoms with Gasteiger partial charge in [0.05, 0.1) is 0 Å². The van der Waals surface area contributed by atoms with Crippen LogP contribution in [0.4, 0.5) is 5.69 Å². The number of benzene rings is 2. The summed E-state index contributed by atoms with van der Waals surface area (Å²) in [6.07, 6.45) is 0. The van der Waals surface area contributed by atoms with Crippen LogP contribution in [0.1, 0.15) is 17.2 Å². The highest BCUT2D eigenvalue weighted by atomic mass is 35.5. The topological polar surface area (TPSA) is 55.1 Å². The Kier molecular flexibility index (Phi) is 4.20. The first-order valence-corrected chi connectivity index (χ1v) is 6.33. The van der Waals surface area contributed by atoms with Crippen molar-refractivity contribution in [1.29, 1.82) is 0 Å². The van der Waals surface area contributed by atoms with Crippen LogP contribution in [0, 0.1) is 6.92 Å². The largest absolute Gasteiger partial charge is 0.324 e. The van der Waals surface area contributed by atoms with Crippen molar-refractivity contribution in [1.82, 2.24) is 0 Å². The van der Waals surface area contributed by atoms with Gasteiger partial charge in [0.25, 0.3) is 0 Å². The molecule has 98 valence electrons. The number of carbonyl (C=O) groups excluding carboxylic acids is 1. The molecule has 3 nitrogen and oxygen atoms in total. The van der Waals surface area contributed by atoms with Crippen LogP contribution in [0.25, 0.3) is 0 Å². The van der Waals surface area contributed by atoms with Crippen LogP contribution in [0.3, 0.4) is 0 Å². The van der Waals surface area contributed by atoms with Crippen molar-refractivity contribution in [3.05, 3.63) is 64.7 Å². The Balaban J connectivity index is 2.13. The molecule has 4 heteroatoms. The van der Waals surface area contributed by atoms with Crippen LogP contribution >= 0.6 is 11.6 Å². The normalized spacial score (nSPS) is 11.9. The summed E-state index contributed by atoms with van der Waals surface area (Å²) in [5, 5.41) is 3.45. The average molecular weight is 275 g/mol. The fourth-order valence-electron chi connectivity index (χ4n) is 1.79. The molecule has 0 aliphatic heterocycles. The van der Waals surface area contributed by atoms with Crippen molar-refractivity contribution < 1.29 is 4.79 Å². The molecule has 0 spiro atoms. The number of hydrogen-bond donors (Lipinski definition) is 2. The van der Waals surface area contributed by atoms with E-state index in [-0.39, 0.29) is 5.91 Å². The molecule has 2 rings (SSSR count). The van der Waals surface area contributed by atoms with Crippen molar-refractivity contribution in [2.24, 2.45) is 5.73 Å². The van der Waals surface area contributed by atoms with E-state index in [0.717, 1.165) is 16.8 Å². The Morgan fingerprint density at radius 2 is 1.89 bits per heavy atom. The standard InChI is InChI=1S/C15H15ClN2O/c1-10-9-12(16)7-8-13(10)18-15(19)14(17)11-5-3-2-4-6-11/h2-9,14H,17H2,1H3,(H,18,19)/t14-/m0/s1. The smallest absolute Gasteiger partial charge is 0.245 e. The first kappa shape index (κ1) is 13.6. The minimum atomic E-state index is -0.684. The number of carbonyl (C=O) groups is 1. The van der Waals surface area contributed by atoms with Gasteiger partial charge in [0.1, 0.15) is 6.04 Å². The van der Waals surface area contributed by atoms with E-state index in [9.17, 15) is 4.79 Å². The molecular formula is C15H15ClN2O. The Hall–Kier alpha value is -1.84. The Bertz CT molecular complexity index is 584. The molecule has 0 fully saturated rings. The van der Waals surface area contributed by atoms with Gasteiger partial charge in [-0.15, -0.1) is 0 Å². The number of halogens is 1. The molecule has 2 aromatic rings. The predicted octanol–water partition coefficient (Wildman–Crippen LogP) is 3.29. The van der Waals surface area contributed by atoms with Crippen molar-refractivity contribution in [3.63, 3.8) is 0 Å². The number of rotatable bonds is 3. The SMILES string of the molecule is Cc1cc(Cl)ccc1NC(=O)[C@@H](N)c1ccccc1. The molecule has 0 saturated heterocycles. The molecule has 19 heavy (non-hydrogen) atoms. The summed E-state index contributed by atoms with van der Waals surface area (Å²) in [5.41, 5.74) is 8.34. The molecular weight excluding hydrogens is 260 g/mol. The lowest BCUT2D eigenvalue weighted by atomic mass is 10.1. The van der Waals surface area contributed by atoms with Gasteiger partial charge in [0.15, 0.2) is 0 Å². The molecule has 1 amide bonds. The van der Waals surface area contributed by atoms with Gasteiger partial charge in [-0.2, -0.15) is 0 Å². The zero-order chi connectivity index (χ0) is 13.8. The zero-order valence-electron chi connectivity index (χ0n) is 10.6. The van der Waals surface area contributed by atoms with E-state index in [1.54, 1.807) is 18.2 Å². The third-order valence-corrected chi connectivity index (χ3v) is 3.12. The van der Waals surface area contributed by atoms with Crippen LogP contribution in [-0.4, -0.2) is 5.91 Å². The summed E-state index contributed by atoms with van der Waals surface area (Å²) in [5.74, 6) is -0.239. The number of aryl methyl sites for hydroxylation is 1. The lowest BCUT2D eigenvalue weighted by Crippen LogP contribution is -2.27. The van der Waals surface area contributed by atoms with E-state index in [1.807, 2.05) is 37.3 Å². The molecule has 0 saturated carbocycles. The molecule has 3 N–H and O–H groups in total. The van der Waals surface area contributed by atoms with E-state index in [2.05, 4.69) is 5.32 Å². The predicted molar refractivity (Wildman–Crippen MR) is 78.2 cm³/mol. The van der Waals surface area contributed by atoms with E-state index in [1.165, 1.54) is 0 Å². The molecule has 0 aromatic heterocycles. The maximum atomic E-state index is 12.1. The Morgan fingerprint density at radius 1 is 1.21 bits per heavy atom. The highest BCUT2D eigenvalue weighted by Crippen LogP contribution is 2.21. The second-order valence-corrected chi connectivity index (χ2v) is 4.77. The third-order valence-electron chi connectivity index (χ3n) is 2.89. The zero-order valence-corrected chi connectivity index (χ0v) is 11.3. The minimum absolute atomic E-state index is 0.239. The average Bonchev–Trinajstić information content (AvgIpc) is 2.42. The van der Waals surface area contributed by atoms with Crippen LogP contribution in [0.15, 0.2) is 48.5 Å². The molecule has 0 radical (unpaired) electrons. The van der Waals surface area contributed by atoms with Gasteiger partial charge >= 0.3 is 0 Å². The first-order chi connectivity index (χ1) is 9.08. The summed E-state index contributed by atoms with van der Waals surface area (Å²) in [7, 11) is 0. The number of hydrogen-bond acceptors (Lipinski definition) is 2. The maximum Gasteiger partial charge on any atom is 0.245 e. The number of amides is 1. The molecule has 0 bridgehead atoms. The minimum Gasteiger partial charge on any atom is -0.324 e. The van der Waals surface area contributed by atoms with Crippen molar-refractivity contribution in [2.45, 2.75) is 13.0 Å². The lowest BCUT2D eigenvalue weighted by molar-refractivity contribution is -0.117. The summed E-state index contributed by atoms with van der Waals surface area (Å²) in [6, 6.07) is 13.9. The van der Waals surface area contributed by atoms with E-state index in [4.69, 9.17) is 17.3 Å². The molecule has 0 unspecified atom stereocenters. The molecule has 2 aromatic carbocycles. The number of nitrogens with two attached hydrogens (primary N) is 1. The highest BCUT2D eigenvalue weighted by Gasteiger charge is 2.16. The molecule has 0 aliphatic rings. The van der Waals surface area contributed by atoms with E-state index < -0.39 is 6.04 Å². The Morgan fingerprint density at radius 3 is 2.53 bits per heavy atom. The van der Waals surface area contributed by atoms with Crippen LogP contribution in [0.5, 0.6) is 0 Å². The van der Waals surface area contributed by atoms with Gasteiger partial charge in [-0.1, -0.05) is 41.9 Å². The highest BCUT2D eigenvalue weighted by molar-refractivity contribution is 6.30. The number of nitrogens with one attached hydrogen (secondary N) is 1. The number of anilines is 1. The second kappa shape index (κ2) is 5.87. The monoisotopic (exact) mass is 274 g/mol. The van der Waals surface area contributed by atoms with Crippen molar-refractivity contribution >= 4 is 23.2 Å². The molecule has 1 atom stereocenters. The van der Waals surface area contributed by atoms with Gasteiger partial charge in [-0.05, 0) is 36.2 Å². The van der Waals surface area contributed by atoms with Gasteiger partial charge < -0.3 is 11.1 Å². The van der Waals surface area contributed by atoms with E-state index >= 15 is 0 Å². The summed E-state index contributed by atoms with van der Waals surface area (Å²) < 4.78 is 0.